The van der Waals surface area contributed by atoms with Crippen molar-refractivity contribution in [1.82, 2.24) is 14.7 Å². The van der Waals surface area contributed by atoms with E-state index in [1.807, 2.05) is 17.9 Å². The molecule has 22 heavy (non-hydrogen) atoms. The molecule has 124 valence electrons. The van der Waals surface area contributed by atoms with Crippen LogP contribution < -0.4 is 0 Å². The summed E-state index contributed by atoms with van der Waals surface area (Å²) in [5, 5.41) is 4.37. The molecule has 2 fully saturated rings. The maximum Gasteiger partial charge on any atom is 0.168 e. The first kappa shape index (κ1) is 16.0. The van der Waals surface area contributed by atoms with Crippen molar-refractivity contribution in [3.63, 3.8) is 0 Å². The molecule has 1 spiro atoms. The normalized spacial score (nSPS) is 26.2. The summed E-state index contributed by atoms with van der Waals surface area (Å²) in [4.78, 5) is 2.60. The van der Waals surface area contributed by atoms with Gasteiger partial charge in [0.25, 0.3) is 0 Å². The Morgan fingerprint density at radius 2 is 1.95 bits per heavy atom. The number of hydrogen-bond acceptors (Lipinski definition) is 4. The molecule has 1 aromatic heterocycles. The lowest BCUT2D eigenvalue weighted by Crippen LogP contribution is -2.75. The van der Waals surface area contributed by atoms with Crippen molar-refractivity contribution >= 4 is 0 Å². The van der Waals surface area contributed by atoms with E-state index in [4.69, 9.17) is 9.47 Å². The Morgan fingerprint density at radius 3 is 2.41 bits per heavy atom. The van der Waals surface area contributed by atoms with Crippen LogP contribution in [0.2, 0.25) is 0 Å². The molecule has 2 aliphatic rings. The standard InChI is InChI=1S/C17H29N3O2/c1-12(2)15-16(9-17(10-16,21-5)22-6)11-20(15)8-14-13(3)7-18-19(14)4/h7,12,15H,8-11H2,1-6H3. The second-order valence-electron chi connectivity index (χ2n) is 7.53. The van der Waals surface area contributed by atoms with Gasteiger partial charge in [-0.05, 0) is 18.4 Å². The highest BCUT2D eigenvalue weighted by Crippen LogP contribution is 2.61. The minimum Gasteiger partial charge on any atom is -0.353 e. The van der Waals surface area contributed by atoms with Gasteiger partial charge >= 0.3 is 0 Å². The number of aromatic nitrogens is 2. The first-order chi connectivity index (χ1) is 10.4. The molecule has 0 bridgehead atoms. The van der Waals surface area contributed by atoms with Gasteiger partial charge in [0.1, 0.15) is 0 Å². The van der Waals surface area contributed by atoms with Crippen LogP contribution in [0.3, 0.4) is 0 Å². The molecule has 1 aromatic rings. The van der Waals surface area contributed by atoms with Gasteiger partial charge < -0.3 is 9.47 Å². The number of rotatable bonds is 5. The Labute approximate surface area is 133 Å². The van der Waals surface area contributed by atoms with Crippen LogP contribution >= 0.6 is 0 Å². The maximum absolute atomic E-state index is 5.61. The highest BCUT2D eigenvalue weighted by Gasteiger charge is 2.66. The van der Waals surface area contributed by atoms with Gasteiger partial charge in [0.15, 0.2) is 5.79 Å². The van der Waals surface area contributed by atoms with E-state index in [-0.39, 0.29) is 5.79 Å². The van der Waals surface area contributed by atoms with Gasteiger partial charge in [-0.15, -0.1) is 0 Å². The Morgan fingerprint density at radius 1 is 1.32 bits per heavy atom. The van der Waals surface area contributed by atoms with Gasteiger partial charge in [-0.25, -0.2) is 0 Å². The zero-order chi connectivity index (χ0) is 16.1. The van der Waals surface area contributed by atoms with Gasteiger partial charge in [0.2, 0.25) is 0 Å². The fourth-order valence-corrected chi connectivity index (χ4v) is 4.86. The van der Waals surface area contributed by atoms with Crippen molar-refractivity contribution in [2.24, 2.45) is 18.4 Å². The summed E-state index contributed by atoms with van der Waals surface area (Å²) >= 11 is 0. The monoisotopic (exact) mass is 307 g/mol. The van der Waals surface area contributed by atoms with Gasteiger partial charge in [-0.2, -0.15) is 5.10 Å². The summed E-state index contributed by atoms with van der Waals surface area (Å²) in [6.45, 7) is 8.92. The van der Waals surface area contributed by atoms with Crippen LogP contribution in [0.15, 0.2) is 6.20 Å². The van der Waals surface area contributed by atoms with Crippen LogP contribution in [0.1, 0.15) is 37.9 Å². The summed E-state index contributed by atoms with van der Waals surface area (Å²) in [5.74, 6) is 0.288. The van der Waals surface area contributed by atoms with E-state index in [1.54, 1.807) is 14.2 Å². The second kappa shape index (κ2) is 5.32. The van der Waals surface area contributed by atoms with E-state index in [9.17, 15) is 0 Å². The van der Waals surface area contributed by atoms with Crippen molar-refractivity contribution in [3.8, 4) is 0 Å². The quantitative estimate of drug-likeness (QED) is 0.783. The molecule has 0 radical (unpaired) electrons. The molecule has 0 N–H and O–H groups in total. The third-order valence-corrected chi connectivity index (χ3v) is 5.78. The van der Waals surface area contributed by atoms with Crippen LogP contribution in [0.25, 0.3) is 0 Å². The number of methoxy groups -OCH3 is 2. The topological polar surface area (TPSA) is 39.5 Å². The predicted molar refractivity (Wildman–Crippen MR) is 85.4 cm³/mol. The average Bonchev–Trinajstić information content (AvgIpc) is 2.71. The molecule has 5 nitrogen and oxygen atoms in total. The van der Waals surface area contributed by atoms with Gasteiger partial charge in [-0.1, -0.05) is 13.8 Å². The summed E-state index contributed by atoms with van der Waals surface area (Å²) in [5.41, 5.74) is 2.97. The van der Waals surface area contributed by atoms with Crippen molar-refractivity contribution < 1.29 is 9.47 Å². The fraction of sp³-hybridized carbons (Fsp3) is 0.824. The third-order valence-electron chi connectivity index (χ3n) is 5.78. The van der Waals surface area contributed by atoms with Crippen LogP contribution in [-0.4, -0.2) is 47.3 Å². The van der Waals surface area contributed by atoms with Crippen LogP contribution in [0, 0.1) is 18.3 Å². The first-order valence-corrected chi connectivity index (χ1v) is 8.18. The van der Waals surface area contributed by atoms with E-state index in [0.717, 1.165) is 25.9 Å². The summed E-state index contributed by atoms with van der Waals surface area (Å²) in [6, 6.07) is 0.597. The van der Waals surface area contributed by atoms with Crippen molar-refractivity contribution in [2.45, 2.75) is 52.0 Å². The van der Waals surface area contributed by atoms with Gasteiger partial charge in [0.05, 0.1) is 11.9 Å². The first-order valence-electron chi connectivity index (χ1n) is 8.18. The predicted octanol–water partition coefficient (Wildman–Crippen LogP) is 2.34. The average molecular weight is 307 g/mol. The number of nitrogens with zero attached hydrogens (tertiary/aromatic N) is 3. The molecule has 0 amide bonds. The summed E-state index contributed by atoms with van der Waals surface area (Å²) < 4.78 is 13.2. The minimum absolute atomic E-state index is 0.346. The van der Waals surface area contributed by atoms with Crippen molar-refractivity contribution in [1.29, 1.82) is 0 Å². The third kappa shape index (κ3) is 2.22. The molecule has 1 aliphatic carbocycles. The summed E-state index contributed by atoms with van der Waals surface area (Å²) in [6.07, 6.45) is 3.98. The highest BCUT2D eigenvalue weighted by molar-refractivity contribution is 5.20. The lowest BCUT2D eigenvalue weighted by Gasteiger charge is -2.68. The Balaban J connectivity index is 1.72. The molecule has 1 unspecified atom stereocenters. The van der Waals surface area contributed by atoms with Crippen LogP contribution in [0.5, 0.6) is 0 Å². The lowest BCUT2D eigenvalue weighted by molar-refractivity contribution is -0.339. The SMILES string of the molecule is COC1(OC)CC2(CN(Cc3c(C)cnn3C)C2C(C)C)C1. The smallest absolute Gasteiger partial charge is 0.168 e. The molecule has 1 saturated carbocycles. The molecule has 0 aromatic carbocycles. The van der Waals surface area contributed by atoms with E-state index in [0.29, 0.717) is 17.4 Å². The van der Waals surface area contributed by atoms with E-state index < -0.39 is 0 Å². The molecule has 5 heteroatoms. The van der Waals surface area contributed by atoms with Crippen LogP contribution in [-0.2, 0) is 23.1 Å². The molecular weight excluding hydrogens is 278 g/mol. The fourth-order valence-electron chi connectivity index (χ4n) is 4.86. The summed E-state index contributed by atoms with van der Waals surface area (Å²) in [7, 11) is 5.55. The van der Waals surface area contributed by atoms with E-state index >= 15 is 0 Å². The zero-order valence-corrected chi connectivity index (χ0v) is 14.7. The zero-order valence-electron chi connectivity index (χ0n) is 14.7. The largest absolute Gasteiger partial charge is 0.353 e. The van der Waals surface area contributed by atoms with Gasteiger partial charge in [-0.3, -0.25) is 9.58 Å². The highest BCUT2D eigenvalue weighted by atomic mass is 16.7. The molecule has 1 aliphatic heterocycles. The number of aryl methyl sites for hydroxylation is 2. The lowest BCUT2D eigenvalue weighted by atomic mass is 9.52. The molecule has 1 saturated heterocycles. The van der Waals surface area contributed by atoms with Crippen molar-refractivity contribution in [2.75, 3.05) is 20.8 Å². The van der Waals surface area contributed by atoms with E-state index in [1.165, 1.54) is 11.3 Å². The molecule has 3 rings (SSSR count). The molecule has 1 atom stereocenters. The van der Waals surface area contributed by atoms with Crippen molar-refractivity contribution in [3.05, 3.63) is 17.5 Å². The number of ether oxygens (including phenoxy) is 2. The van der Waals surface area contributed by atoms with E-state index in [2.05, 4.69) is 30.8 Å². The number of hydrogen-bond donors (Lipinski definition) is 0. The Kier molecular flexibility index (Phi) is 3.86. The van der Waals surface area contributed by atoms with Gasteiger partial charge in [0, 0.05) is 58.7 Å². The maximum atomic E-state index is 5.61. The molecule has 2 heterocycles. The minimum atomic E-state index is -0.346. The Hall–Kier alpha value is -0.910. The second-order valence-corrected chi connectivity index (χ2v) is 7.53. The molecular formula is C17H29N3O2. The van der Waals surface area contributed by atoms with Crippen LogP contribution in [0.4, 0.5) is 0 Å². The Bertz CT molecular complexity index is 521. The number of likely N-dealkylation sites (tertiary alicyclic amines) is 1.